The van der Waals surface area contributed by atoms with Gasteiger partial charge in [-0.05, 0) is 87.4 Å². The van der Waals surface area contributed by atoms with E-state index >= 15 is 0 Å². The summed E-state index contributed by atoms with van der Waals surface area (Å²) in [7, 11) is 0. The van der Waals surface area contributed by atoms with Crippen molar-refractivity contribution in [3.05, 3.63) is 32.6 Å². The van der Waals surface area contributed by atoms with Crippen LogP contribution in [0, 0.1) is 9.81 Å². The Labute approximate surface area is 221 Å². The van der Waals surface area contributed by atoms with Gasteiger partial charge < -0.3 is 10.4 Å². The number of allylic oxidation sites excluding steroid dienone is 4. The largest absolute Gasteiger partial charge is 0.411 e. The minimum atomic E-state index is 0. The fourth-order valence-electron chi connectivity index (χ4n) is 3.31. The van der Waals surface area contributed by atoms with Gasteiger partial charge in [-0.1, -0.05) is 17.7 Å². The summed E-state index contributed by atoms with van der Waals surface area (Å²) >= 11 is 0. The molecule has 6 N–H and O–H groups in total. The first-order chi connectivity index (χ1) is 14.6. The van der Waals surface area contributed by atoms with Gasteiger partial charge in [-0.2, -0.15) is 0 Å². The zero-order valence-corrected chi connectivity index (χ0v) is 20.2. The molecule has 0 saturated heterocycles. The first-order valence-electron chi connectivity index (χ1n) is 9.98. The number of oxime groups is 2. The molecule has 0 bridgehead atoms. The Morgan fingerprint density at radius 1 is 0.618 bits per heavy atom. The Hall–Kier alpha value is -1.86. The Balaban J connectivity index is -0.000000187. The van der Waals surface area contributed by atoms with Crippen molar-refractivity contribution in [2.75, 3.05) is 0 Å². The number of hydrogen-bond donors (Lipinski definition) is 6. The van der Waals surface area contributed by atoms with E-state index in [0.717, 1.165) is 64.2 Å². The average Bonchev–Trinajstić information content (AvgIpc) is 2.84. The smallest absolute Gasteiger partial charge is 0.106 e. The summed E-state index contributed by atoms with van der Waals surface area (Å²) in [6.07, 6.45) is 10.3. The summed E-state index contributed by atoms with van der Waals surface area (Å²) in [6.45, 7) is 0. The van der Waals surface area contributed by atoms with Crippen LogP contribution in [-0.4, -0.2) is 40.7 Å². The number of nitrogens with one attached hydrogen (secondary N) is 2. The fourth-order valence-corrected chi connectivity index (χ4v) is 3.31. The first kappa shape index (κ1) is 39.4. The van der Waals surface area contributed by atoms with Crippen LogP contribution in [0.25, 0.3) is 0 Å². The van der Waals surface area contributed by atoms with Crippen LogP contribution < -0.4 is 11.0 Å². The van der Waals surface area contributed by atoms with Crippen LogP contribution in [-0.2, 0) is 20.1 Å². The molecule has 3 aliphatic rings. The van der Waals surface area contributed by atoms with Crippen LogP contribution in [0.5, 0.6) is 0 Å². The zero-order valence-electron chi connectivity index (χ0n) is 17.6. The van der Waals surface area contributed by atoms with Gasteiger partial charge in [0.1, 0.15) is 22.8 Å². The Morgan fingerprint density at radius 3 is 1.15 bits per heavy atom. The summed E-state index contributed by atoms with van der Waals surface area (Å²) in [6, 6.07) is 0. The van der Waals surface area contributed by atoms with Crippen LogP contribution in [0.1, 0.15) is 84.5 Å². The van der Waals surface area contributed by atoms with E-state index < -0.39 is 0 Å². The van der Waals surface area contributed by atoms with E-state index in [1.165, 1.54) is 0 Å². The van der Waals surface area contributed by atoms with Gasteiger partial charge in [0.15, 0.2) is 0 Å². The van der Waals surface area contributed by atoms with Crippen LogP contribution in [0.2, 0.25) is 0 Å². The maximum absolute atomic E-state index is 10.1. The van der Waals surface area contributed by atoms with Gasteiger partial charge in [0.2, 0.25) is 0 Å². The Bertz CT molecular complexity index is 651. The van der Waals surface area contributed by atoms with Crippen molar-refractivity contribution in [3.8, 4) is 0 Å². The molecular formula is C19H37BClN6O6Tc. The third-order valence-corrected chi connectivity index (χ3v) is 5.02. The molecule has 12 nitrogen and oxygen atoms in total. The quantitative estimate of drug-likeness (QED) is 0.120. The van der Waals surface area contributed by atoms with Crippen molar-refractivity contribution < 1.29 is 40.9 Å². The third kappa shape index (κ3) is 13.8. The SMILES string of the molecule is B.C.O=NC1=C(NO)CCCC1.O=NC1=C(NO)CCCC1.ON=C1CCCCC1=NO.[99Tc].[Cl]. The van der Waals surface area contributed by atoms with Crippen molar-refractivity contribution in [2.45, 2.75) is 84.5 Å². The molecule has 0 spiro atoms. The molecule has 3 aliphatic carbocycles. The van der Waals surface area contributed by atoms with Gasteiger partial charge in [-0.25, -0.2) is 0 Å². The number of hydrogen-bond acceptors (Lipinski definition) is 12. The van der Waals surface area contributed by atoms with E-state index in [4.69, 9.17) is 20.8 Å². The topological polar surface area (TPSA) is 189 Å². The molecule has 0 heterocycles. The van der Waals surface area contributed by atoms with Crippen LogP contribution in [0.4, 0.5) is 0 Å². The van der Waals surface area contributed by atoms with E-state index in [1.807, 2.05) is 11.0 Å². The van der Waals surface area contributed by atoms with Crippen molar-refractivity contribution in [1.82, 2.24) is 11.0 Å². The number of nitrogens with zero attached hydrogens (tertiary/aromatic N) is 4. The summed E-state index contributed by atoms with van der Waals surface area (Å²) in [5.41, 5.74) is 7.13. The van der Waals surface area contributed by atoms with E-state index in [9.17, 15) is 9.81 Å². The molecule has 196 valence electrons. The zero-order chi connectivity index (χ0) is 22.2. The molecule has 3 rings (SSSR count). The predicted molar refractivity (Wildman–Crippen MR) is 132 cm³/mol. The molecule has 2 radical (unpaired) electrons. The predicted octanol–water partition coefficient (Wildman–Crippen LogP) is 4.39. The fraction of sp³-hybridized carbons (Fsp3) is 0.684. The molecule has 0 aliphatic heterocycles. The Morgan fingerprint density at radius 2 is 0.912 bits per heavy atom. The van der Waals surface area contributed by atoms with Crippen molar-refractivity contribution in [1.29, 1.82) is 0 Å². The van der Waals surface area contributed by atoms with Gasteiger partial charge in [-0.15, -0.1) is 9.81 Å². The summed E-state index contributed by atoms with van der Waals surface area (Å²) in [4.78, 5) is 20.1. The second-order valence-electron chi connectivity index (χ2n) is 6.97. The van der Waals surface area contributed by atoms with Gasteiger partial charge in [0.05, 0.1) is 19.8 Å². The maximum atomic E-state index is 10.1. The summed E-state index contributed by atoms with van der Waals surface area (Å²) in [5.74, 6) is 0. The number of nitroso groups, excluding NO2 is 2. The molecule has 1 saturated carbocycles. The minimum absolute atomic E-state index is 0. The molecule has 1 fully saturated rings. The van der Waals surface area contributed by atoms with Gasteiger partial charge >= 0.3 is 0 Å². The first-order valence-corrected chi connectivity index (χ1v) is 9.98. The van der Waals surface area contributed by atoms with Crippen LogP contribution >= 0.6 is 12.4 Å². The standard InChI is InChI=1S/3C6H10N2O2.CH4.BH3.Cl.Tc/c3*9-7-5-3-1-2-4-6(5)8-10;;;;/h9-10H,1-4H2;2*7,9H,1-4H2;1H4;1H3;;/i;;;;;;1+1. The van der Waals surface area contributed by atoms with Crippen molar-refractivity contribution in [2.24, 2.45) is 20.7 Å². The third-order valence-electron chi connectivity index (χ3n) is 5.02. The molecule has 15 heteroatoms. The number of halogens is 1. The molecule has 0 aromatic carbocycles. The molecule has 0 amide bonds. The van der Waals surface area contributed by atoms with Crippen molar-refractivity contribution in [3.63, 3.8) is 0 Å². The van der Waals surface area contributed by atoms with E-state index in [-0.39, 0.29) is 48.4 Å². The normalized spacial score (nSPS) is 19.2. The molecule has 0 aromatic rings. The molecule has 0 unspecified atom stereocenters. The second-order valence-corrected chi connectivity index (χ2v) is 6.97. The van der Waals surface area contributed by atoms with Gasteiger partial charge in [0.25, 0.3) is 0 Å². The van der Waals surface area contributed by atoms with E-state index in [1.54, 1.807) is 0 Å². The van der Waals surface area contributed by atoms with Crippen LogP contribution in [0.15, 0.2) is 43.5 Å². The van der Waals surface area contributed by atoms with Crippen LogP contribution in [0.3, 0.4) is 0 Å². The number of rotatable bonds is 4. The van der Waals surface area contributed by atoms with Crippen molar-refractivity contribution >= 4 is 32.2 Å². The second kappa shape index (κ2) is 24.3. The summed E-state index contributed by atoms with van der Waals surface area (Å²) in [5, 5.41) is 45.4. The number of hydroxylamine groups is 2. The Kier molecular flexibility index (Phi) is 28.1. The molecular weight excluding hydrogens is 553 g/mol. The minimum Gasteiger partial charge on any atom is -0.411 e. The molecule has 0 aromatic heterocycles. The van der Waals surface area contributed by atoms with Gasteiger partial charge in [0, 0.05) is 32.5 Å². The molecule has 0 atom stereocenters. The molecule has 34 heavy (non-hydrogen) atoms. The average molecular weight is 591 g/mol. The maximum Gasteiger partial charge on any atom is 0.106 e. The van der Waals surface area contributed by atoms with E-state index in [0.29, 0.717) is 47.1 Å². The monoisotopic (exact) mass is 590 g/mol. The summed E-state index contributed by atoms with van der Waals surface area (Å²) < 4.78 is 0. The van der Waals surface area contributed by atoms with Gasteiger partial charge in [-0.3, -0.25) is 21.4 Å². The van der Waals surface area contributed by atoms with E-state index in [2.05, 4.69) is 20.7 Å².